The van der Waals surface area contributed by atoms with Crippen LogP contribution in [-0.2, 0) is 9.53 Å². The fourth-order valence-electron chi connectivity index (χ4n) is 3.03. The van der Waals surface area contributed by atoms with E-state index in [2.05, 4.69) is 10.6 Å². The summed E-state index contributed by atoms with van der Waals surface area (Å²) in [6.07, 6.45) is 11.1. The molecule has 0 spiro atoms. The molecule has 19 heavy (non-hydrogen) atoms. The van der Waals surface area contributed by atoms with E-state index in [0.717, 1.165) is 38.8 Å². The summed E-state index contributed by atoms with van der Waals surface area (Å²) < 4.78 is 5.69. The van der Waals surface area contributed by atoms with Gasteiger partial charge in [-0.1, -0.05) is 32.1 Å². The molecule has 4 nitrogen and oxygen atoms in total. The highest BCUT2D eigenvalue weighted by Crippen LogP contribution is 2.17. The number of rotatable bonds is 4. The maximum Gasteiger partial charge on any atom is 0.246 e. The van der Waals surface area contributed by atoms with Crippen molar-refractivity contribution in [2.24, 2.45) is 0 Å². The SMILES string of the molecule is O=C(COC1CCNCC1)NC1CCCCCCC1. The molecule has 2 aliphatic rings. The van der Waals surface area contributed by atoms with Crippen LogP contribution < -0.4 is 10.6 Å². The number of carbonyl (C=O) groups excluding carboxylic acids is 1. The zero-order chi connectivity index (χ0) is 13.3. The third-order valence-electron chi connectivity index (χ3n) is 4.21. The predicted molar refractivity (Wildman–Crippen MR) is 76.1 cm³/mol. The van der Waals surface area contributed by atoms with Gasteiger partial charge in [-0.15, -0.1) is 0 Å². The van der Waals surface area contributed by atoms with Crippen LogP contribution in [0.15, 0.2) is 0 Å². The van der Waals surface area contributed by atoms with Crippen molar-refractivity contribution in [2.45, 2.75) is 69.9 Å². The van der Waals surface area contributed by atoms with Crippen LogP contribution in [0.5, 0.6) is 0 Å². The molecule has 1 aliphatic heterocycles. The van der Waals surface area contributed by atoms with E-state index in [9.17, 15) is 4.79 Å². The second-order valence-electron chi connectivity index (χ2n) is 5.87. The lowest BCUT2D eigenvalue weighted by atomic mass is 9.97. The molecule has 0 radical (unpaired) electrons. The van der Waals surface area contributed by atoms with Crippen LogP contribution in [-0.4, -0.2) is 37.7 Å². The van der Waals surface area contributed by atoms with E-state index in [1.54, 1.807) is 0 Å². The van der Waals surface area contributed by atoms with Gasteiger partial charge in [-0.05, 0) is 38.8 Å². The van der Waals surface area contributed by atoms with Crippen molar-refractivity contribution in [3.05, 3.63) is 0 Å². The predicted octanol–water partition coefficient (Wildman–Crippen LogP) is 1.98. The molecule has 0 aromatic heterocycles. The lowest BCUT2D eigenvalue weighted by Gasteiger charge is -2.24. The molecule has 0 bridgehead atoms. The van der Waals surface area contributed by atoms with E-state index in [4.69, 9.17) is 4.74 Å². The van der Waals surface area contributed by atoms with Gasteiger partial charge in [0.1, 0.15) is 6.61 Å². The summed E-state index contributed by atoms with van der Waals surface area (Å²) in [6, 6.07) is 0.379. The Hall–Kier alpha value is -0.610. The Morgan fingerprint density at radius 1 is 1.00 bits per heavy atom. The molecule has 0 aromatic carbocycles. The number of ether oxygens (including phenoxy) is 1. The Balaban J connectivity index is 1.61. The quantitative estimate of drug-likeness (QED) is 0.820. The van der Waals surface area contributed by atoms with Crippen molar-refractivity contribution in [1.29, 1.82) is 0 Å². The number of nitrogens with one attached hydrogen (secondary N) is 2. The van der Waals surface area contributed by atoms with Crippen LogP contribution in [0.1, 0.15) is 57.8 Å². The summed E-state index contributed by atoms with van der Waals surface area (Å²) in [7, 11) is 0. The van der Waals surface area contributed by atoms with Gasteiger partial charge < -0.3 is 15.4 Å². The third-order valence-corrected chi connectivity index (χ3v) is 4.21. The largest absolute Gasteiger partial charge is 0.368 e. The zero-order valence-corrected chi connectivity index (χ0v) is 12.0. The Kier molecular flexibility index (Phi) is 6.65. The molecular weight excluding hydrogens is 240 g/mol. The van der Waals surface area contributed by atoms with Crippen LogP contribution in [0, 0.1) is 0 Å². The second-order valence-corrected chi connectivity index (χ2v) is 5.87. The van der Waals surface area contributed by atoms with E-state index in [0.29, 0.717) is 6.04 Å². The Morgan fingerprint density at radius 3 is 2.32 bits per heavy atom. The highest BCUT2D eigenvalue weighted by Gasteiger charge is 2.17. The van der Waals surface area contributed by atoms with E-state index in [-0.39, 0.29) is 18.6 Å². The summed E-state index contributed by atoms with van der Waals surface area (Å²) in [4.78, 5) is 11.9. The Bertz CT molecular complexity index is 257. The molecule has 110 valence electrons. The fourth-order valence-corrected chi connectivity index (χ4v) is 3.03. The number of hydrogen-bond donors (Lipinski definition) is 2. The molecule has 2 fully saturated rings. The first kappa shape index (κ1) is 14.8. The van der Waals surface area contributed by atoms with Gasteiger partial charge in [0, 0.05) is 6.04 Å². The van der Waals surface area contributed by atoms with E-state index in [1.807, 2.05) is 0 Å². The summed E-state index contributed by atoms with van der Waals surface area (Å²) in [6.45, 7) is 2.25. The first-order valence-corrected chi connectivity index (χ1v) is 7.96. The van der Waals surface area contributed by atoms with Gasteiger partial charge in [0.25, 0.3) is 0 Å². The first-order valence-electron chi connectivity index (χ1n) is 7.96. The molecule has 2 N–H and O–H groups in total. The molecule has 1 saturated heterocycles. The molecule has 1 amide bonds. The third kappa shape index (κ3) is 5.91. The van der Waals surface area contributed by atoms with Gasteiger partial charge in [0.15, 0.2) is 0 Å². The Labute approximate surface area is 116 Å². The van der Waals surface area contributed by atoms with Crippen LogP contribution in [0.4, 0.5) is 0 Å². The lowest BCUT2D eigenvalue weighted by Crippen LogP contribution is -2.40. The molecular formula is C15H28N2O2. The average molecular weight is 268 g/mol. The molecule has 0 atom stereocenters. The Morgan fingerprint density at radius 2 is 1.63 bits per heavy atom. The van der Waals surface area contributed by atoms with Gasteiger partial charge >= 0.3 is 0 Å². The van der Waals surface area contributed by atoms with Gasteiger partial charge in [-0.2, -0.15) is 0 Å². The van der Waals surface area contributed by atoms with Crippen LogP contribution in [0.25, 0.3) is 0 Å². The molecule has 0 unspecified atom stereocenters. The van der Waals surface area contributed by atoms with Crippen molar-refractivity contribution in [1.82, 2.24) is 10.6 Å². The van der Waals surface area contributed by atoms with Crippen molar-refractivity contribution in [2.75, 3.05) is 19.7 Å². The summed E-state index contributed by atoms with van der Waals surface area (Å²) in [5.41, 5.74) is 0. The monoisotopic (exact) mass is 268 g/mol. The van der Waals surface area contributed by atoms with Gasteiger partial charge in [0.2, 0.25) is 5.91 Å². The summed E-state index contributed by atoms with van der Waals surface area (Å²) >= 11 is 0. The molecule has 1 aliphatic carbocycles. The van der Waals surface area contributed by atoms with Crippen LogP contribution in [0.3, 0.4) is 0 Å². The maximum atomic E-state index is 11.9. The minimum absolute atomic E-state index is 0.0732. The first-order chi connectivity index (χ1) is 9.34. The number of hydrogen-bond acceptors (Lipinski definition) is 3. The normalized spacial score (nSPS) is 23.6. The van der Waals surface area contributed by atoms with E-state index >= 15 is 0 Å². The van der Waals surface area contributed by atoms with Crippen LogP contribution >= 0.6 is 0 Å². The number of amides is 1. The summed E-state index contributed by atoms with van der Waals surface area (Å²) in [5.74, 6) is 0.0732. The van der Waals surface area contributed by atoms with Gasteiger partial charge in [-0.25, -0.2) is 0 Å². The standard InChI is InChI=1S/C15H28N2O2/c18-15(12-19-14-8-10-16-11-9-14)17-13-6-4-2-1-3-5-7-13/h13-14,16H,1-12H2,(H,17,18). The second kappa shape index (κ2) is 8.54. The molecule has 4 heteroatoms. The minimum Gasteiger partial charge on any atom is -0.368 e. The maximum absolute atomic E-state index is 11.9. The van der Waals surface area contributed by atoms with Crippen molar-refractivity contribution in [3.8, 4) is 0 Å². The van der Waals surface area contributed by atoms with Gasteiger partial charge in [-0.3, -0.25) is 4.79 Å². The van der Waals surface area contributed by atoms with Crippen molar-refractivity contribution >= 4 is 5.91 Å². The number of carbonyl (C=O) groups is 1. The summed E-state index contributed by atoms with van der Waals surface area (Å²) in [5, 5.41) is 6.45. The highest BCUT2D eigenvalue weighted by atomic mass is 16.5. The average Bonchev–Trinajstić information content (AvgIpc) is 2.41. The zero-order valence-electron chi connectivity index (χ0n) is 12.0. The molecule has 2 rings (SSSR count). The topological polar surface area (TPSA) is 50.4 Å². The van der Waals surface area contributed by atoms with E-state index in [1.165, 1.54) is 32.1 Å². The van der Waals surface area contributed by atoms with Crippen molar-refractivity contribution in [3.63, 3.8) is 0 Å². The molecule has 1 saturated carbocycles. The highest BCUT2D eigenvalue weighted by molar-refractivity contribution is 5.77. The number of piperidine rings is 1. The molecule has 0 aromatic rings. The van der Waals surface area contributed by atoms with Crippen LogP contribution in [0.2, 0.25) is 0 Å². The van der Waals surface area contributed by atoms with Gasteiger partial charge in [0.05, 0.1) is 6.10 Å². The van der Waals surface area contributed by atoms with Crippen molar-refractivity contribution < 1.29 is 9.53 Å². The van der Waals surface area contributed by atoms with E-state index < -0.39 is 0 Å². The smallest absolute Gasteiger partial charge is 0.246 e. The lowest BCUT2D eigenvalue weighted by molar-refractivity contribution is -0.129. The fraction of sp³-hybridized carbons (Fsp3) is 0.933. The molecule has 1 heterocycles. The minimum atomic E-state index is 0.0732.